The number of nitro benzene ring substituents is 1. The number of nitrogens with one attached hydrogen (secondary N) is 1. The lowest BCUT2D eigenvalue weighted by Gasteiger charge is -2.33. The van der Waals surface area contributed by atoms with E-state index in [9.17, 15) is 19.3 Å². The van der Waals surface area contributed by atoms with Gasteiger partial charge in [-0.25, -0.2) is 0 Å². The lowest BCUT2D eigenvalue weighted by molar-refractivity contribution is -0.387. The molecular weight excluding hydrogens is 365 g/mol. The monoisotopic (exact) mass is 389 g/mol. The van der Waals surface area contributed by atoms with Gasteiger partial charge in [-0.15, -0.1) is 0 Å². The van der Waals surface area contributed by atoms with E-state index >= 15 is 0 Å². The Balaban J connectivity index is 0.000000237. The second-order valence-corrected chi connectivity index (χ2v) is 6.36. The third-order valence-corrected chi connectivity index (χ3v) is 4.28. The molecule has 2 aromatic rings. The Morgan fingerprint density at radius 3 is 2.54 bits per heavy atom. The Bertz CT molecular complexity index is 773. The van der Waals surface area contributed by atoms with Gasteiger partial charge in [-0.3, -0.25) is 19.8 Å². The van der Waals surface area contributed by atoms with Crippen LogP contribution in [-0.4, -0.2) is 48.6 Å². The number of hydrogen-bond acceptors (Lipinski definition) is 6. The summed E-state index contributed by atoms with van der Waals surface area (Å²) in [5.41, 5.74) is 0.832. The molecule has 0 aromatic heterocycles. The lowest BCUT2D eigenvalue weighted by Crippen LogP contribution is -2.51. The number of carbonyl (C=O) groups is 1. The third-order valence-electron chi connectivity index (χ3n) is 4.28. The van der Waals surface area contributed by atoms with Gasteiger partial charge in [0.2, 0.25) is 5.82 Å². The highest BCUT2D eigenvalue weighted by molar-refractivity contribution is 5.69. The number of ether oxygens (including phenoxy) is 1. The second kappa shape index (κ2) is 11.1. The molecule has 1 N–H and O–H groups in total. The van der Waals surface area contributed by atoms with Crippen LogP contribution < -0.4 is 5.32 Å². The van der Waals surface area contributed by atoms with Crippen molar-refractivity contribution < 1.29 is 18.8 Å². The molecule has 8 heteroatoms. The van der Waals surface area contributed by atoms with E-state index in [1.807, 2.05) is 6.07 Å². The van der Waals surface area contributed by atoms with E-state index in [1.165, 1.54) is 24.8 Å². The Kier molecular flexibility index (Phi) is 8.51. The molecule has 7 nitrogen and oxygen atoms in total. The van der Waals surface area contributed by atoms with Crippen molar-refractivity contribution in [3.63, 3.8) is 0 Å². The van der Waals surface area contributed by atoms with E-state index in [0.29, 0.717) is 6.42 Å². The molecule has 2 aromatic carbocycles. The minimum Gasteiger partial charge on any atom is -0.469 e. The zero-order valence-electron chi connectivity index (χ0n) is 15.7. The molecule has 1 atom stereocenters. The van der Waals surface area contributed by atoms with Crippen LogP contribution in [0.3, 0.4) is 0 Å². The molecular formula is C20H24FN3O4. The number of methoxy groups -OCH3 is 1. The summed E-state index contributed by atoms with van der Waals surface area (Å²) in [5, 5.41) is 13.3. The van der Waals surface area contributed by atoms with E-state index in [1.54, 1.807) is 0 Å². The number of piperazine rings is 1. The van der Waals surface area contributed by atoms with E-state index in [2.05, 4.69) is 34.5 Å². The molecule has 1 aliphatic heterocycles. The number of nitrogens with zero attached hydrogens (tertiary/aromatic N) is 2. The number of halogens is 1. The summed E-state index contributed by atoms with van der Waals surface area (Å²) in [6, 6.07) is 15.6. The van der Waals surface area contributed by atoms with Crippen molar-refractivity contribution in [3.8, 4) is 0 Å². The smallest absolute Gasteiger partial charge is 0.307 e. The first-order chi connectivity index (χ1) is 13.5. The van der Waals surface area contributed by atoms with Gasteiger partial charge in [0.25, 0.3) is 0 Å². The van der Waals surface area contributed by atoms with Gasteiger partial charge in [0.1, 0.15) is 0 Å². The van der Waals surface area contributed by atoms with Gasteiger partial charge in [-0.2, -0.15) is 4.39 Å². The van der Waals surface area contributed by atoms with Crippen LogP contribution in [0.2, 0.25) is 0 Å². The first kappa shape index (κ1) is 21.5. The molecule has 150 valence electrons. The van der Waals surface area contributed by atoms with Crippen molar-refractivity contribution in [2.75, 3.05) is 26.7 Å². The van der Waals surface area contributed by atoms with Gasteiger partial charge in [0, 0.05) is 38.3 Å². The molecule has 1 fully saturated rings. The average molecular weight is 389 g/mol. The number of rotatable bonds is 5. The maximum absolute atomic E-state index is 12.4. The van der Waals surface area contributed by atoms with Gasteiger partial charge >= 0.3 is 11.7 Å². The summed E-state index contributed by atoms with van der Waals surface area (Å²) in [6.45, 7) is 3.78. The standard InChI is InChI=1S/C14H20N2O2.C6H4FNO2/c1-18-14(17)9-13-11-16(8-7-15-13)10-12-5-3-2-4-6-12;7-5-3-1-2-4-6(5)8(9)10/h2-6,13,15H,7-11H2,1H3;1-4H. The Labute approximate surface area is 163 Å². The fourth-order valence-electron chi connectivity index (χ4n) is 2.90. The van der Waals surface area contributed by atoms with E-state index in [-0.39, 0.29) is 12.0 Å². The summed E-state index contributed by atoms with van der Waals surface area (Å²) in [7, 11) is 1.44. The molecule has 0 radical (unpaired) electrons. The normalized spacial score (nSPS) is 16.6. The van der Waals surface area contributed by atoms with E-state index in [4.69, 9.17) is 4.74 Å². The van der Waals surface area contributed by atoms with Gasteiger partial charge in [-0.05, 0) is 11.6 Å². The van der Waals surface area contributed by atoms with Crippen LogP contribution in [0.1, 0.15) is 12.0 Å². The minimum atomic E-state index is -0.799. The van der Waals surface area contributed by atoms with Crippen molar-refractivity contribution in [2.45, 2.75) is 19.0 Å². The van der Waals surface area contributed by atoms with Crippen LogP contribution >= 0.6 is 0 Å². The number of esters is 1. The minimum absolute atomic E-state index is 0.144. The van der Waals surface area contributed by atoms with Gasteiger partial charge < -0.3 is 10.1 Å². The Morgan fingerprint density at radius 2 is 1.93 bits per heavy atom. The fourth-order valence-corrected chi connectivity index (χ4v) is 2.90. The molecule has 1 unspecified atom stereocenters. The van der Waals surface area contributed by atoms with Gasteiger partial charge in [0.15, 0.2) is 0 Å². The van der Waals surface area contributed by atoms with Crippen LogP contribution in [0.4, 0.5) is 10.1 Å². The molecule has 0 saturated carbocycles. The fraction of sp³-hybridized carbons (Fsp3) is 0.350. The predicted molar refractivity (Wildman–Crippen MR) is 103 cm³/mol. The highest BCUT2D eigenvalue weighted by Gasteiger charge is 2.21. The molecule has 1 heterocycles. The maximum Gasteiger partial charge on any atom is 0.307 e. The second-order valence-electron chi connectivity index (χ2n) is 6.36. The Morgan fingerprint density at radius 1 is 1.25 bits per heavy atom. The maximum atomic E-state index is 12.4. The summed E-state index contributed by atoms with van der Waals surface area (Å²) in [5.74, 6) is -0.943. The summed E-state index contributed by atoms with van der Waals surface area (Å²) in [6.07, 6.45) is 0.446. The molecule has 0 amide bonds. The number of para-hydroxylation sites is 1. The average Bonchev–Trinajstić information content (AvgIpc) is 2.69. The van der Waals surface area contributed by atoms with Crippen LogP contribution in [0.25, 0.3) is 0 Å². The molecule has 3 rings (SSSR count). The zero-order chi connectivity index (χ0) is 20.4. The van der Waals surface area contributed by atoms with Crippen LogP contribution in [0.15, 0.2) is 54.6 Å². The highest BCUT2D eigenvalue weighted by Crippen LogP contribution is 2.14. The highest BCUT2D eigenvalue weighted by atomic mass is 19.1. The summed E-state index contributed by atoms with van der Waals surface area (Å²) < 4.78 is 17.1. The Hall–Kier alpha value is -2.84. The van der Waals surface area contributed by atoms with Crippen molar-refractivity contribution in [1.82, 2.24) is 10.2 Å². The van der Waals surface area contributed by atoms with E-state index in [0.717, 1.165) is 38.3 Å². The molecule has 28 heavy (non-hydrogen) atoms. The summed E-state index contributed by atoms with van der Waals surface area (Å²) in [4.78, 5) is 22.9. The van der Waals surface area contributed by atoms with Gasteiger partial charge in [0.05, 0.1) is 18.5 Å². The van der Waals surface area contributed by atoms with Crippen molar-refractivity contribution in [1.29, 1.82) is 0 Å². The number of nitro groups is 1. The molecule has 0 spiro atoms. The summed E-state index contributed by atoms with van der Waals surface area (Å²) >= 11 is 0. The number of benzene rings is 2. The third kappa shape index (κ3) is 7.05. The SMILES string of the molecule is COC(=O)CC1CN(Cc2ccccc2)CCN1.O=[N+]([O-])c1ccccc1F. The quantitative estimate of drug-likeness (QED) is 0.481. The van der Waals surface area contributed by atoms with E-state index < -0.39 is 16.4 Å². The molecule has 1 saturated heterocycles. The zero-order valence-corrected chi connectivity index (χ0v) is 15.7. The van der Waals surface area contributed by atoms with Crippen molar-refractivity contribution >= 4 is 11.7 Å². The van der Waals surface area contributed by atoms with Crippen molar-refractivity contribution in [3.05, 3.63) is 76.1 Å². The van der Waals surface area contributed by atoms with Crippen LogP contribution in [0, 0.1) is 15.9 Å². The van der Waals surface area contributed by atoms with Crippen molar-refractivity contribution in [2.24, 2.45) is 0 Å². The lowest BCUT2D eigenvalue weighted by atomic mass is 10.1. The molecule has 0 bridgehead atoms. The molecule has 1 aliphatic rings. The first-order valence-electron chi connectivity index (χ1n) is 8.95. The number of carbonyl (C=O) groups excluding carboxylic acids is 1. The number of hydrogen-bond donors (Lipinski definition) is 1. The topological polar surface area (TPSA) is 84.7 Å². The molecule has 0 aliphatic carbocycles. The predicted octanol–water partition coefficient (Wildman–Crippen LogP) is 2.76. The van der Waals surface area contributed by atoms with Gasteiger partial charge in [-0.1, -0.05) is 42.5 Å². The van der Waals surface area contributed by atoms with Crippen LogP contribution in [-0.2, 0) is 16.1 Å². The first-order valence-corrected chi connectivity index (χ1v) is 8.95. The van der Waals surface area contributed by atoms with Crippen LogP contribution in [0.5, 0.6) is 0 Å². The largest absolute Gasteiger partial charge is 0.469 e.